The molecule has 0 aliphatic rings. The molecule has 0 saturated carbocycles. The van der Waals surface area contributed by atoms with E-state index in [4.69, 9.17) is 9.97 Å². The Hall–Kier alpha value is -6.93. The molecule has 0 amide bonds. The summed E-state index contributed by atoms with van der Waals surface area (Å²) in [4.78, 5) is 10.6. The predicted octanol–water partition coefficient (Wildman–Crippen LogP) is 13.0. The fourth-order valence-corrected chi connectivity index (χ4v) is 15.0. The summed E-state index contributed by atoms with van der Waals surface area (Å²) in [7, 11) is 0. The molecule has 1 atom stereocenters. The molecule has 61 heavy (non-hydrogen) atoms. The Kier molecular flexibility index (Phi) is 7.60. The first-order valence-electron chi connectivity index (χ1n) is 20.7. The molecular weight excluding hydrogens is 825 g/mol. The van der Waals surface area contributed by atoms with Crippen molar-refractivity contribution >= 4 is 129 Å². The van der Waals surface area contributed by atoms with E-state index in [0.29, 0.717) is 0 Å². The molecule has 0 N–H and O–H groups in total. The summed E-state index contributed by atoms with van der Waals surface area (Å²) in [5.41, 5.74) is 5.17. The number of aromatic nitrogens is 3. The van der Waals surface area contributed by atoms with E-state index in [0.717, 1.165) is 44.2 Å². The third kappa shape index (κ3) is 5.27. The van der Waals surface area contributed by atoms with Gasteiger partial charge in [0.25, 0.3) is 0 Å². The van der Waals surface area contributed by atoms with Crippen molar-refractivity contribution in [3.05, 3.63) is 206 Å². The number of rotatable bonds is 4. The van der Waals surface area contributed by atoms with E-state index in [1.165, 1.54) is 75.2 Å². The molecule has 0 bridgehead atoms. The van der Waals surface area contributed by atoms with E-state index >= 15 is 0 Å². The SMILES string of the molecule is [Se]=P(c1ccc2ccccc2c1)(c1cnc2cc(-c3ccc4nc5c6c7ccccc7ccc6c6cc7ccccc7cc6n5c4c3)ccc2c1)c1cccc2ccccc12. The zero-order chi connectivity index (χ0) is 40.2. The third-order valence-electron chi connectivity index (χ3n) is 12.8. The molecule has 0 spiro atoms. The molecule has 13 rings (SSSR count). The van der Waals surface area contributed by atoms with Crippen LogP contribution in [0.1, 0.15) is 0 Å². The molecule has 0 aliphatic carbocycles. The van der Waals surface area contributed by atoms with E-state index in [9.17, 15) is 0 Å². The van der Waals surface area contributed by atoms with Gasteiger partial charge in [-0.25, -0.2) is 0 Å². The number of benzene rings is 10. The van der Waals surface area contributed by atoms with E-state index in [-0.39, 0.29) is 0 Å². The van der Waals surface area contributed by atoms with Crippen LogP contribution in [0.5, 0.6) is 0 Å². The van der Waals surface area contributed by atoms with Gasteiger partial charge in [-0.05, 0) is 39.1 Å². The van der Waals surface area contributed by atoms with Crippen molar-refractivity contribution in [1.29, 1.82) is 0 Å². The van der Waals surface area contributed by atoms with Gasteiger partial charge in [-0.2, -0.15) is 0 Å². The van der Waals surface area contributed by atoms with Gasteiger partial charge in [-0.1, -0.05) is 60.7 Å². The van der Waals surface area contributed by atoms with Crippen LogP contribution in [0.25, 0.3) is 103 Å². The molecule has 0 saturated heterocycles. The standard InChI is InChI=1S/C56H34N3PSe/c61-60(44-25-22-35-10-1-2-13-38(35)28-44,54-19-9-16-36-11-5-7-17-46(36)54)45-29-43-21-20-41(31-51(43)57-34-45)42-24-27-50-53(33-42)59-52-32-40-15-4-3-14-39(40)30-49(52)48-26-23-37-12-6-8-18-47(37)55(48)56(59)58-50/h1-34H. The Morgan fingerprint density at radius 2 is 1.02 bits per heavy atom. The number of hydrogen-bond acceptors (Lipinski definition) is 2. The van der Waals surface area contributed by atoms with Crippen LogP contribution < -0.4 is 15.9 Å². The number of fused-ring (bicyclic) bond motifs is 14. The Morgan fingerprint density at radius 1 is 0.393 bits per heavy atom. The van der Waals surface area contributed by atoms with Gasteiger partial charge in [0.15, 0.2) is 0 Å². The predicted molar refractivity (Wildman–Crippen MR) is 263 cm³/mol. The first-order chi connectivity index (χ1) is 30.1. The summed E-state index contributed by atoms with van der Waals surface area (Å²) in [6, 6.07) is 73.4. The summed E-state index contributed by atoms with van der Waals surface area (Å²) in [6.07, 6.45) is 2.12. The minimum atomic E-state index is -2.26. The zero-order valence-electron chi connectivity index (χ0n) is 32.8. The maximum absolute atomic E-state index is 5.38. The number of nitrogens with zero attached hydrogens (tertiary/aromatic N) is 3. The molecule has 0 radical (unpaired) electrons. The normalized spacial score (nSPS) is 13.1. The molecule has 5 heteroatoms. The van der Waals surface area contributed by atoms with Crippen LogP contribution in [-0.4, -0.2) is 29.5 Å². The van der Waals surface area contributed by atoms with Crippen LogP contribution in [0.4, 0.5) is 0 Å². The van der Waals surface area contributed by atoms with Gasteiger partial charge >= 0.3 is 250 Å². The molecule has 13 aromatic rings. The van der Waals surface area contributed by atoms with Gasteiger partial charge in [0, 0.05) is 10.8 Å². The van der Waals surface area contributed by atoms with E-state index < -0.39 is 5.51 Å². The molecule has 284 valence electrons. The monoisotopic (exact) mass is 859 g/mol. The van der Waals surface area contributed by atoms with Crippen molar-refractivity contribution in [2.24, 2.45) is 0 Å². The van der Waals surface area contributed by atoms with Crippen molar-refractivity contribution in [2.75, 3.05) is 0 Å². The quantitative estimate of drug-likeness (QED) is 0.0764. The zero-order valence-corrected chi connectivity index (χ0v) is 35.4. The van der Waals surface area contributed by atoms with Crippen LogP contribution in [0.3, 0.4) is 0 Å². The van der Waals surface area contributed by atoms with Gasteiger partial charge in [-0.3, -0.25) is 0 Å². The minimum absolute atomic E-state index is 0.969. The van der Waals surface area contributed by atoms with Crippen molar-refractivity contribution < 1.29 is 0 Å². The molecule has 1 unspecified atom stereocenters. The second-order valence-corrected chi connectivity index (χ2v) is 22.3. The van der Waals surface area contributed by atoms with Crippen LogP contribution in [0.2, 0.25) is 0 Å². The van der Waals surface area contributed by atoms with Gasteiger partial charge in [0.2, 0.25) is 0 Å². The average Bonchev–Trinajstić information content (AvgIpc) is 3.71. The van der Waals surface area contributed by atoms with Gasteiger partial charge in [0.1, 0.15) is 0 Å². The summed E-state index contributed by atoms with van der Waals surface area (Å²) in [5.74, 6) is 0. The first-order valence-corrected chi connectivity index (χ1v) is 24.7. The van der Waals surface area contributed by atoms with Crippen molar-refractivity contribution in [3.63, 3.8) is 0 Å². The van der Waals surface area contributed by atoms with Gasteiger partial charge < -0.3 is 0 Å². The van der Waals surface area contributed by atoms with Gasteiger partial charge in [-0.15, -0.1) is 0 Å². The van der Waals surface area contributed by atoms with E-state index in [2.05, 4.69) is 226 Å². The summed E-state index contributed by atoms with van der Waals surface area (Å²) < 4.78 is 2.39. The van der Waals surface area contributed by atoms with E-state index in [1.807, 2.05) is 0 Å². The summed E-state index contributed by atoms with van der Waals surface area (Å²) in [6.45, 7) is 0. The van der Waals surface area contributed by atoms with Crippen LogP contribution in [-0.2, 0) is 0 Å². The number of imidazole rings is 1. The number of hydrogen-bond donors (Lipinski definition) is 0. The molecular formula is C56H34N3PSe. The number of pyridine rings is 2. The molecule has 3 nitrogen and oxygen atoms in total. The van der Waals surface area contributed by atoms with Crippen LogP contribution in [0, 0.1) is 0 Å². The Bertz CT molecular complexity index is 4050. The van der Waals surface area contributed by atoms with Gasteiger partial charge in [0.05, 0.1) is 0 Å². The molecule has 0 aliphatic heterocycles. The van der Waals surface area contributed by atoms with Crippen molar-refractivity contribution in [2.45, 2.75) is 0 Å². The van der Waals surface area contributed by atoms with Crippen LogP contribution in [0.15, 0.2) is 206 Å². The van der Waals surface area contributed by atoms with E-state index in [1.54, 1.807) is 0 Å². The average molecular weight is 859 g/mol. The second kappa shape index (κ2) is 13.3. The third-order valence-corrected chi connectivity index (χ3v) is 19.7. The fraction of sp³-hybridized carbons (Fsp3) is 0. The molecule has 3 aromatic heterocycles. The second-order valence-electron chi connectivity index (χ2n) is 16.1. The first kappa shape index (κ1) is 34.9. The van der Waals surface area contributed by atoms with Crippen LogP contribution >= 0.6 is 5.51 Å². The topological polar surface area (TPSA) is 30.2 Å². The molecule has 0 fully saturated rings. The van der Waals surface area contributed by atoms with Crippen molar-refractivity contribution in [1.82, 2.24) is 14.4 Å². The van der Waals surface area contributed by atoms with Crippen molar-refractivity contribution in [3.8, 4) is 11.1 Å². The summed E-state index contributed by atoms with van der Waals surface area (Å²) >= 11 is 3.83. The molecule has 10 aromatic carbocycles. The fourth-order valence-electron chi connectivity index (χ4n) is 9.78. The molecule has 3 heterocycles. The maximum atomic E-state index is 5.38. The Morgan fingerprint density at radius 3 is 1.85 bits per heavy atom. The Balaban J connectivity index is 0.997. The summed E-state index contributed by atoms with van der Waals surface area (Å²) in [5, 5.41) is 18.4. The Labute approximate surface area is 358 Å².